The number of piperazine rings is 1. The van der Waals surface area contributed by atoms with Crippen LogP contribution in [-0.2, 0) is 18.0 Å². The van der Waals surface area contributed by atoms with Gasteiger partial charge in [-0.15, -0.1) is 0 Å². The molecule has 0 saturated carbocycles. The third kappa shape index (κ3) is 4.49. The van der Waals surface area contributed by atoms with Crippen LogP contribution >= 0.6 is 0 Å². The molecule has 0 spiro atoms. The zero-order chi connectivity index (χ0) is 14.6. The molecule has 118 valence electrons. The number of nitrogens with zero attached hydrogens (tertiary/aromatic N) is 2. The Bertz CT molecular complexity index is 288. The summed E-state index contributed by atoms with van der Waals surface area (Å²) in [6, 6.07) is 0. The van der Waals surface area contributed by atoms with Crippen LogP contribution in [0.15, 0.2) is 0 Å². The van der Waals surface area contributed by atoms with Crippen molar-refractivity contribution in [3.05, 3.63) is 0 Å². The first-order valence-corrected chi connectivity index (χ1v) is 9.35. The van der Waals surface area contributed by atoms with E-state index < -0.39 is 8.80 Å². The number of hydrogen-bond acceptors (Lipinski definition) is 6. The van der Waals surface area contributed by atoms with Gasteiger partial charge in [-0.3, -0.25) is 4.90 Å². The second-order valence-electron chi connectivity index (χ2n) is 5.86. The molecule has 0 aliphatic carbocycles. The normalized spacial score (nSPS) is 38.4. The number of ether oxygens (including phenoxy) is 1. The van der Waals surface area contributed by atoms with E-state index in [-0.39, 0.29) is 12.2 Å². The van der Waals surface area contributed by atoms with E-state index in [4.69, 9.17) is 18.0 Å². The van der Waals surface area contributed by atoms with Crippen molar-refractivity contribution in [2.45, 2.75) is 26.1 Å². The van der Waals surface area contributed by atoms with Crippen LogP contribution in [0.2, 0.25) is 0 Å². The Balaban J connectivity index is 2.00. The first kappa shape index (κ1) is 16.3. The Labute approximate surface area is 123 Å². The number of likely N-dealkylation sites (N-methyl/N-ethyl adjacent to an activating group) is 1. The lowest BCUT2D eigenvalue weighted by Crippen LogP contribution is -2.61. The summed E-state index contributed by atoms with van der Waals surface area (Å²) in [7, 11) is 1.22. The highest BCUT2D eigenvalue weighted by molar-refractivity contribution is 6.61. The maximum Gasteiger partial charge on any atom is 0.516 e. The molecule has 2 unspecified atom stereocenters. The Hall–Kier alpha value is -0.0231. The van der Waals surface area contributed by atoms with E-state index in [1.54, 1.807) is 7.11 Å². The van der Waals surface area contributed by atoms with Crippen LogP contribution in [0.5, 0.6) is 0 Å². The van der Waals surface area contributed by atoms with Gasteiger partial charge in [0.15, 0.2) is 0 Å². The predicted molar refractivity (Wildman–Crippen MR) is 78.6 cm³/mol. The third-order valence-electron chi connectivity index (χ3n) is 3.79. The molecule has 6 nitrogen and oxygen atoms in total. The maximum absolute atomic E-state index is 6.14. The van der Waals surface area contributed by atoms with E-state index in [1.165, 1.54) is 0 Å². The van der Waals surface area contributed by atoms with Gasteiger partial charge in [0, 0.05) is 33.3 Å². The second-order valence-corrected chi connectivity index (χ2v) is 8.42. The van der Waals surface area contributed by atoms with Gasteiger partial charge in [-0.25, -0.2) is 0 Å². The lowest BCUT2D eigenvalue weighted by atomic mass is 10.4. The summed E-state index contributed by atoms with van der Waals surface area (Å²) in [5.74, 6) is 0. The topological polar surface area (TPSA) is 43.4 Å². The van der Waals surface area contributed by atoms with Crippen molar-refractivity contribution in [2.75, 3.05) is 59.7 Å². The van der Waals surface area contributed by atoms with Gasteiger partial charge < -0.3 is 22.9 Å². The largest absolute Gasteiger partial charge is 0.516 e. The third-order valence-corrected chi connectivity index (χ3v) is 6.77. The molecule has 0 bridgehead atoms. The van der Waals surface area contributed by atoms with Crippen molar-refractivity contribution in [2.24, 2.45) is 0 Å². The molecule has 2 heterocycles. The minimum absolute atomic E-state index is 0.0154. The first-order valence-electron chi connectivity index (χ1n) is 7.42. The molecule has 0 N–H and O–H groups in total. The highest BCUT2D eigenvalue weighted by atomic mass is 28.4. The van der Waals surface area contributed by atoms with Crippen LogP contribution in [-0.4, -0.2) is 90.5 Å². The highest BCUT2D eigenvalue weighted by Crippen LogP contribution is 2.19. The maximum atomic E-state index is 6.14. The zero-order valence-corrected chi connectivity index (χ0v) is 14.1. The fourth-order valence-corrected chi connectivity index (χ4v) is 5.38. The number of hydrogen-bond donors (Lipinski definition) is 0. The standard InChI is InChI=1S/C13H28N2O4Si/c1-12-9-17-10-13(2)19-20(16-4,18-12)11-15-7-5-14(3)6-8-15/h12-13H,5-11H2,1-4H3. The van der Waals surface area contributed by atoms with Crippen molar-refractivity contribution in [3.63, 3.8) is 0 Å². The smallest absolute Gasteiger partial charge is 0.376 e. The second kappa shape index (κ2) is 7.30. The van der Waals surface area contributed by atoms with E-state index in [9.17, 15) is 0 Å². The van der Waals surface area contributed by atoms with Crippen LogP contribution in [0.4, 0.5) is 0 Å². The van der Waals surface area contributed by atoms with Gasteiger partial charge in [0.2, 0.25) is 0 Å². The van der Waals surface area contributed by atoms with Gasteiger partial charge >= 0.3 is 8.80 Å². The minimum Gasteiger partial charge on any atom is -0.376 e. The van der Waals surface area contributed by atoms with Crippen LogP contribution in [0.3, 0.4) is 0 Å². The van der Waals surface area contributed by atoms with Crippen LogP contribution < -0.4 is 0 Å². The molecule has 0 aromatic rings. The molecule has 0 amide bonds. The van der Waals surface area contributed by atoms with Crippen molar-refractivity contribution in [1.82, 2.24) is 9.80 Å². The SMILES string of the molecule is CO[Si]1(CN2CCN(C)CC2)OC(C)COCC(C)O1. The van der Waals surface area contributed by atoms with E-state index in [0.29, 0.717) is 13.2 Å². The molecule has 2 aliphatic heterocycles. The first-order chi connectivity index (χ1) is 9.53. The Morgan fingerprint density at radius 3 is 2.10 bits per heavy atom. The highest BCUT2D eigenvalue weighted by Gasteiger charge is 2.46. The average Bonchev–Trinajstić information content (AvgIpc) is 2.39. The lowest BCUT2D eigenvalue weighted by molar-refractivity contribution is -0.0724. The molecule has 2 fully saturated rings. The lowest BCUT2D eigenvalue weighted by Gasteiger charge is -2.40. The summed E-state index contributed by atoms with van der Waals surface area (Å²) in [5, 5.41) is 0. The summed E-state index contributed by atoms with van der Waals surface area (Å²) >= 11 is 0. The predicted octanol–water partition coefficient (Wildman–Crippen LogP) is 0.199. The quantitative estimate of drug-likeness (QED) is 0.694. The van der Waals surface area contributed by atoms with Gasteiger partial charge in [0.05, 0.1) is 31.6 Å². The van der Waals surface area contributed by atoms with Crippen molar-refractivity contribution >= 4 is 8.80 Å². The van der Waals surface area contributed by atoms with Gasteiger partial charge in [-0.05, 0) is 20.9 Å². The van der Waals surface area contributed by atoms with E-state index in [1.807, 2.05) is 13.8 Å². The van der Waals surface area contributed by atoms with E-state index in [0.717, 1.165) is 32.3 Å². The molecule has 0 aromatic carbocycles. The van der Waals surface area contributed by atoms with Gasteiger partial charge in [0.1, 0.15) is 0 Å². The Kier molecular flexibility index (Phi) is 5.97. The summed E-state index contributed by atoms with van der Waals surface area (Å²) in [6.45, 7) is 9.50. The van der Waals surface area contributed by atoms with Crippen LogP contribution in [0.25, 0.3) is 0 Å². The molecule has 2 aliphatic rings. The van der Waals surface area contributed by atoms with E-state index in [2.05, 4.69) is 16.8 Å². The molecular weight excluding hydrogens is 276 g/mol. The van der Waals surface area contributed by atoms with Gasteiger partial charge in [-0.2, -0.15) is 0 Å². The summed E-state index contributed by atoms with van der Waals surface area (Å²) < 4.78 is 23.6. The average molecular weight is 304 g/mol. The summed E-state index contributed by atoms with van der Waals surface area (Å²) in [6.07, 6.45) is 0.801. The van der Waals surface area contributed by atoms with Gasteiger partial charge in [0.25, 0.3) is 0 Å². The van der Waals surface area contributed by atoms with Crippen LogP contribution in [0.1, 0.15) is 13.8 Å². The Morgan fingerprint density at radius 2 is 1.60 bits per heavy atom. The fraction of sp³-hybridized carbons (Fsp3) is 1.00. The molecular formula is C13H28N2O4Si. The van der Waals surface area contributed by atoms with Gasteiger partial charge in [-0.1, -0.05) is 0 Å². The van der Waals surface area contributed by atoms with Crippen molar-refractivity contribution < 1.29 is 18.0 Å². The van der Waals surface area contributed by atoms with Crippen molar-refractivity contribution in [1.29, 1.82) is 0 Å². The van der Waals surface area contributed by atoms with E-state index >= 15 is 0 Å². The molecule has 20 heavy (non-hydrogen) atoms. The van der Waals surface area contributed by atoms with Crippen LogP contribution in [0, 0.1) is 0 Å². The monoisotopic (exact) mass is 304 g/mol. The molecule has 2 saturated heterocycles. The molecule has 0 radical (unpaired) electrons. The molecule has 2 atom stereocenters. The molecule has 0 aromatic heterocycles. The summed E-state index contributed by atoms with van der Waals surface area (Å²) in [5.41, 5.74) is 0. The number of rotatable bonds is 3. The zero-order valence-electron chi connectivity index (χ0n) is 13.1. The minimum atomic E-state index is -2.65. The molecule has 7 heteroatoms. The fourth-order valence-electron chi connectivity index (χ4n) is 2.62. The summed E-state index contributed by atoms with van der Waals surface area (Å²) in [4.78, 5) is 4.74. The van der Waals surface area contributed by atoms with Crippen molar-refractivity contribution in [3.8, 4) is 0 Å². The Morgan fingerprint density at radius 1 is 1.05 bits per heavy atom. The molecule has 2 rings (SSSR count).